The minimum absolute atomic E-state index is 0.0575. The molecule has 15 heavy (non-hydrogen) atoms. The van der Waals surface area contributed by atoms with Gasteiger partial charge in [0, 0.05) is 7.11 Å². The minimum atomic E-state index is -0.443. The average molecular weight is 214 g/mol. The average Bonchev–Trinajstić information content (AvgIpc) is 2.64. The van der Waals surface area contributed by atoms with E-state index in [0.717, 1.165) is 0 Å². The van der Waals surface area contributed by atoms with Crippen molar-refractivity contribution in [1.82, 2.24) is 20.5 Å². The molecular weight excluding hydrogens is 200 g/mol. The Hall–Kier alpha value is -1.47. The van der Waals surface area contributed by atoms with Gasteiger partial charge in [-0.2, -0.15) is 0 Å². The van der Waals surface area contributed by atoms with Gasteiger partial charge in [-0.05, 0) is 6.92 Å². The summed E-state index contributed by atoms with van der Waals surface area (Å²) in [6.45, 7) is 1.75. The lowest BCUT2D eigenvalue weighted by Gasteiger charge is -2.13. The maximum atomic E-state index is 11.5. The Morgan fingerprint density at radius 2 is 2.47 bits per heavy atom. The highest BCUT2D eigenvalue weighted by molar-refractivity contribution is 5.90. The largest absolute Gasteiger partial charge is 0.394 e. The van der Waals surface area contributed by atoms with Crippen molar-refractivity contribution in [2.24, 2.45) is 0 Å². The summed E-state index contributed by atoms with van der Waals surface area (Å²) < 4.78 is 4.81. The van der Waals surface area contributed by atoms with Crippen LogP contribution >= 0.6 is 0 Å². The fourth-order valence-corrected chi connectivity index (χ4v) is 1.04. The summed E-state index contributed by atoms with van der Waals surface area (Å²) in [5.74, 6) is 0.185. The van der Waals surface area contributed by atoms with Gasteiger partial charge < -0.3 is 15.2 Å². The second kappa shape index (κ2) is 5.42. The quantitative estimate of drug-likeness (QED) is 0.574. The number of aliphatic hydroxyl groups is 1. The highest BCUT2D eigenvalue weighted by Gasteiger charge is 2.15. The molecule has 0 aliphatic heterocycles. The van der Waals surface area contributed by atoms with Crippen molar-refractivity contribution in [3.8, 4) is 0 Å². The predicted octanol–water partition coefficient (Wildman–Crippen LogP) is -1.15. The van der Waals surface area contributed by atoms with Crippen LogP contribution < -0.4 is 5.32 Å². The molecule has 0 aliphatic carbocycles. The van der Waals surface area contributed by atoms with Crippen molar-refractivity contribution in [2.45, 2.75) is 13.0 Å². The van der Waals surface area contributed by atoms with Crippen LogP contribution in [0.5, 0.6) is 0 Å². The van der Waals surface area contributed by atoms with Crippen molar-refractivity contribution in [3.05, 3.63) is 11.6 Å². The second-order valence-corrected chi connectivity index (χ2v) is 3.05. The number of carbonyl (C=O) groups is 1. The Balaban J connectivity index is 2.54. The molecule has 0 radical (unpaired) electrons. The first-order chi connectivity index (χ1) is 7.17. The van der Waals surface area contributed by atoms with Crippen LogP contribution in [-0.4, -0.2) is 52.6 Å². The summed E-state index contributed by atoms with van der Waals surface area (Å²) in [5, 5.41) is 17.7. The summed E-state index contributed by atoms with van der Waals surface area (Å²) in [6.07, 6.45) is 0. The lowest BCUT2D eigenvalue weighted by molar-refractivity contribution is 0.0830. The van der Waals surface area contributed by atoms with Gasteiger partial charge >= 0.3 is 0 Å². The summed E-state index contributed by atoms with van der Waals surface area (Å²) >= 11 is 0. The Labute approximate surface area is 86.9 Å². The topological polar surface area (TPSA) is 100 Å². The van der Waals surface area contributed by atoms with E-state index >= 15 is 0 Å². The molecule has 1 heterocycles. The summed E-state index contributed by atoms with van der Waals surface area (Å²) in [4.78, 5) is 15.3. The maximum absolute atomic E-state index is 11.5. The highest BCUT2D eigenvalue weighted by Crippen LogP contribution is 1.92. The van der Waals surface area contributed by atoms with Crippen molar-refractivity contribution in [3.63, 3.8) is 0 Å². The standard InChI is InChI=1S/C8H14N4O3/c1-5-9-7(12-11-5)8(14)10-6(3-13)4-15-2/h6,13H,3-4H2,1-2H3,(H,10,14)(H,9,11,12). The third-order valence-electron chi connectivity index (χ3n) is 1.72. The maximum Gasteiger partial charge on any atom is 0.291 e. The van der Waals surface area contributed by atoms with Gasteiger partial charge in [-0.15, -0.1) is 5.10 Å². The monoisotopic (exact) mass is 214 g/mol. The van der Waals surface area contributed by atoms with Crippen LogP contribution in [0, 0.1) is 6.92 Å². The van der Waals surface area contributed by atoms with Crippen LogP contribution in [0.2, 0.25) is 0 Å². The first kappa shape index (κ1) is 11.6. The van der Waals surface area contributed by atoms with Crippen LogP contribution in [0.4, 0.5) is 0 Å². The second-order valence-electron chi connectivity index (χ2n) is 3.05. The zero-order chi connectivity index (χ0) is 11.3. The molecule has 0 bridgehead atoms. The zero-order valence-corrected chi connectivity index (χ0v) is 8.65. The number of rotatable bonds is 5. The van der Waals surface area contributed by atoms with Gasteiger partial charge in [0.1, 0.15) is 5.82 Å². The van der Waals surface area contributed by atoms with Gasteiger partial charge in [-0.25, -0.2) is 4.98 Å². The van der Waals surface area contributed by atoms with E-state index in [1.54, 1.807) is 6.92 Å². The van der Waals surface area contributed by atoms with Crippen LogP contribution in [0.25, 0.3) is 0 Å². The molecular formula is C8H14N4O3. The smallest absolute Gasteiger partial charge is 0.291 e. The first-order valence-corrected chi connectivity index (χ1v) is 4.47. The van der Waals surface area contributed by atoms with E-state index in [2.05, 4.69) is 20.5 Å². The third-order valence-corrected chi connectivity index (χ3v) is 1.72. The molecule has 7 heteroatoms. The Morgan fingerprint density at radius 3 is 2.93 bits per heavy atom. The molecule has 1 atom stereocenters. The Morgan fingerprint density at radius 1 is 1.73 bits per heavy atom. The summed E-state index contributed by atoms with van der Waals surface area (Å²) in [5.41, 5.74) is 0. The van der Waals surface area contributed by atoms with Crippen molar-refractivity contribution in [2.75, 3.05) is 20.3 Å². The van der Waals surface area contributed by atoms with Gasteiger partial charge in [0.05, 0.1) is 19.3 Å². The number of hydrogen-bond donors (Lipinski definition) is 3. The van der Waals surface area contributed by atoms with Crippen LogP contribution in [0.15, 0.2) is 0 Å². The lowest BCUT2D eigenvalue weighted by atomic mass is 10.3. The lowest BCUT2D eigenvalue weighted by Crippen LogP contribution is -2.41. The number of hydrogen-bond acceptors (Lipinski definition) is 5. The van der Waals surface area contributed by atoms with E-state index in [1.807, 2.05) is 0 Å². The molecule has 84 valence electrons. The number of aliphatic hydroxyl groups excluding tert-OH is 1. The van der Waals surface area contributed by atoms with E-state index in [4.69, 9.17) is 9.84 Å². The Bertz CT molecular complexity index is 325. The molecule has 7 nitrogen and oxygen atoms in total. The number of nitrogens with zero attached hydrogens (tertiary/aromatic N) is 2. The molecule has 1 unspecified atom stereocenters. The van der Waals surface area contributed by atoms with E-state index in [9.17, 15) is 4.79 Å². The van der Waals surface area contributed by atoms with Crippen LogP contribution in [0.3, 0.4) is 0 Å². The normalized spacial score (nSPS) is 12.5. The summed E-state index contributed by atoms with van der Waals surface area (Å²) in [6, 6.07) is -0.443. The van der Waals surface area contributed by atoms with E-state index in [1.165, 1.54) is 7.11 Å². The van der Waals surface area contributed by atoms with Crippen LogP contribution in [0.1, 0.15) is 16.4 Å². The number of aromatic nitrogens is 3. The number of carbonyl (C=O) groups excluding carboxylic acids is 1. The number of nitrogens with one attached hydrogen (secondary N) is 2. The number of aryl methyl sites for hydroxylation is 1. The van der Waals surface area contributed by atoms with Gasteiger partial charge in [0.2, 0.25) is 5.82 Å². The number of aromatic amines is 1. The SMILES string of the molecule is COCC(CO)NC(=O)c1n[nH]c(C)n1. The number of amides is 1. The molecule has 0 spiro atoms. The fourth-order valence-electron chi connectivity index (χ4n) is 1.04. The van der Waals surface area contributed by atoms with Gasteiger partial charge in [0.25, 0.3) is 5.91 Å². The fraction of sp³-hybridized carbons (Fsp3) is 0.625. The molecule has 0 saturated carbocycles. The molecule has 1 rings (SSSR count). The summed E-state index contributed by atoms with van der Waals surface area (Å²) in [7, 11) is 1.49. The van der Waals surface area contributed by atoms with E-state index < -0.39 is 11.9 Å². The zero-order valence-electron chi connectivity index (χ0n) is 8.65. The molecule has 1 aromatic heterocycles. The van der Waals surface area contributed by atoms with Gasteiger partial charge in [-0.1, -0.05) is 0 Å². The molecule has 1 aromatic rings. The van der Waals surface area contributed by atoms with E-state index in [0.29, 0.717) is 5.82 Å². The van der Waals surface area contributed by atoms with Crippen molar-refractivity contribution < 1.29 is 14.6 Å². The number of H-pyrrole nitrogens is 1. The minimum Gasteiger partial charge on any atom is -0.394 e. The number of methoxy groups -OCH3 is 1. The molecule has 1 amide bonds. The number of ether oxygens (including phenoxy) is 1. The predicted molar refractivity (Wildman–Crippen MR) is 51.3 cm³/mol. The Kier molecular flexibility index (Phi) is 4.19. The molecule has 0 saturated heterocycles. The van der Waals surface area contributed by atoms with Crippen molar-refractivity contribution >= 4 is 5.91 Å². The van der Waals surface area contributed by atoms with Crippen LogP contribution in [-0.2, 0) is 4.74 Å². The third kappa shape index (κ3) is 3.30. The van der Waals surface area contributed by atoms with Crippen molar-refractivity contribution in [1.29, 1.82) is 0 Å². The molecule has 0 aliphatic rings. The molecule has 3 N–H and O–H groups in total. The van der Waals surface area contributed by atoms with Gasteiger partial charge in [0.15, 0.2) is 0 Å². The van der Waals surface area contributed by atoms with E-state index in [-0.39, 0.29) is 19.0 Å². The van der Waals surface area contributed by atoms with Gasteiger partial charge in [-0.3, -0.25) is 9.89 Å². The first-order valence-electron chi connectivity index (χ1n) is 4.47. The highest BCUT2D eigenvalue weighted by atomic mass is 16.5. The molecule has 0 fully saturated rings. The molecule has 0 aromatic carbocycles.